The minimum Gasteiger partial charge on any atom is -0.461 e. The van der Waals surface area contributed by atoms with Crippen molar-refractivity contribution in [3.63, 3.8) is 0 Å². The van der Waals surface area contributed by atoms with Crippen LogP contribution < -0.4 is 5.32 Å². The zero-order valence-electron chi connectivity index (χ0n) is 13.6. The minimum absolute atomic E-state index is 0.00204. The average molecular weight is 388 g/mol. The Bertz CT molecular complexity index is 760. The van der Waals surface area contributed by atoms with Gasteiger partial charge in [-0.25, -0.2) is 4.79 Å². The number of hydrogen-bond donors (Lipinski definition) is 1. The van der Waals surface area contributed by atoms with E-state index in [0.717, 1.165) is 0 Å². The Morgan fingerprint density at radius 2 is 1.96 bits per heavy atom. The first-order valence-electron chi connectivity index (χ1n) is 7.55. The van der Waals surface area contributed by atoms with Crippen molar-refractivity contribution in [3.8, 4) is 0 Å². The van der Waals surface area contributed by atoms with E-state index in [1.165, 1.54) is 30.3 Å². The van der Waals surface area contributed by atoms with Crippen molar-refractivity contribution in [2.75, 3.05) is 13.2 Å². The van der Waals surface area contributed by atoms with E-state index in [9.17, 15) is 22.8 Å². The van der Waals surface area contributed by atoms with Crippen LogP contribution in [0.5, 0.6) is 0 Å². The number of hydrogen-bond acceptors (Lipinski definition) is 6. The number of carbonyl (C=O) groups excluding carboxylic acids is 2. The first-order valence-corrected chi connectivity index (χ1v) is 8.37. The lowest BCUT2D eigenvalue weighted by Gasteiger charge is -2.07. The highest BCUT2D eigenvalue weighted by atomic mass is 32.2. The van der Waals surface area contributed by atoms with Gasteiger partial charge < -0.3 is 14.6 Å². The third-order valence-electron chi connectivity index (χ3n) is 3.05. The third-order valence-corrected chi connectivity index (χ3v) is 3.79. The highest BCUT2D eigenvalue weighted by molar-refractivity contribution is 8.00. The van der Waals surface area contributed by atoms with Gasteiger partial charge in [0, 0.05) is 29.5 Å². The number of ether oxygens (including phenoxy) is 1. The number of aromatic nitrogens is 1. The summed E-state index contributed by atoms with van der Waals surface area (Å²) in [5.74, 6) is -0.632. The monoisotopic (exact) mass is 388 g/mol. The van der Waals surface area contributed by atoms with Crippen molar-refractivity contribution in [3.05, 3.63) is 47.3 Å². The standard InChI is InChI=1S/C16H15F3N2O4S/c1-2-24-15(23)13-9-11(25-21-13)7-8-20-14(22)10-3-5-12(6-4-10)26-16(17,18)19/h3-6,9H,2,7-8H2,1H3,(H,20,22). The third kappa shape index (κ3) is 6.10. The minimum atomic E-state index is -4.37. The molecule has 10 heteroatoms. The summed E-state index contributed by atoms with van der Waals surface area (Å²) in [7, 11) is 0. The van der Waals surface area contributed by atoms with E-state index in [1.54, 1.807) is 6.92 Å². The molecule has 2 aromatic rings. The van der Waals surface area contributed by atoms with Crippen molar-refractivity contribution in [1.29, 1.82) is 0 Å². The van der Waals surface area contributed by atoms with Gasteiger partial charge in [0.25, 0.3) is 5.91 Å². The van der Waals surface area contributed by atoms with Crippen LogP contribution in [0.15, 0.2) is 39.8 Å². The van der Waals surface area contributed by atoms with E-state index < -0.39 is 17.4 Å². The van der Waals surface area contributed by atoms with E-state index in [0.29, 0.717) is 12.2 Å². The van der Waals surface area contributed by atoms with Crippen LogP contribution >= 0.6 is 11.8 Å². The molecule has 6 nitrogen and oxygen atoms in total. The van der Waals surface area contributed by atoms with E-state index in [4.69, 9.17) is 9.26 Å². The van der Waals surface area contributed by atoms with Crippen LogP contribution in [0.4, 0.5) is 13.2 Å². The maximum Gasteiger partial charge on any atom is 0.446 e. The van der Waals surface area contributed by atoms with Gasteiger partial charge in [0.05, 0.1) is 6.61 Å². The Balaban J connectivity index is 1.82. The molecular weight excluding hydrogens is 373 g/mol. The Kier molecular flexibility index (Phi) is 6.67. The Labute approximate surface area is 151 Å². The molecule has 0 fully saturated rings. The smallest absolute Gasteiger partial charge is 0.446 e. The van der Waals surface area contributed by atoms with Crippen LogP contribution in [0.1, 0.15) is 33.5 Å². The van der Waals surface area contributed by atoms with Gasteiger partial charge in [0.2, 0.25) is 0 Å². The van der Waals surface area contributed by atoms with Crippen molar-refractivity contribution >= 4 is 23.6 Å². The number of amides is 1. The molecule has 0 aliphatic rings. The fourth-order valence-corrected chi connectivity index (χ4v) is 2.48. The second-order valence-corrected chi connectivity index (χ2v) is 6.12. The van der Waals surface area contributed by atoms with E-state index >= 15 is 0 Å². The van der Waals surface area contributed by atoms with Crippen LogP contribution in [-0.2, 0) is 11.2 Å². The predicted molar refractivity (Wildman–Crippen MR) is 86.9 cm³/mol. The Morgan fingerprint density at radius 3 is 2.58 bits per heavy atom. The number of halogens is 3. The number of alkyl halides is 3. The largest absolute Gasteiger partial charge is 0.461 e. The first kappa shape index (κ1) is 19.8. The Hall–Kier alpha value is -2.49. The fraction of sp³-hybridized carbons (Fsp3) is 0.312. The summed E-state index contributed by atoms with van der Waals surface area (Å²) >= 11 is -0.244. The number of carbonyl (C=O) groups is 2. The summed E-state index contributed by atoms with van der Waals surface area (Å²) in [6.07, 6.45) is 0.292. The maximum absolute atomic E-state index is 12.3. The maximum atomic E-state index is 12.3. The molecule has 0 bridgehead atoms. The molecule has 1 amide bonds. The molecule has 2 rings (SSSR count). The van der Waals surface area contributed by atoms with Crippen molar-refractivity contribution < 1.29 is 32.0 Å². The molecule has 0 aliphatic heterocycles. The molecule has 1 heterocycles. The predicted octanol–water partition coefficient (Wildman–Crippen LogP) is 3.44. The number of benzene rings is 1. The molecular formula is C16H15F3N2O4S. The normalized spacial score (nSPS) is 11.2. The van der Waals surface area contributed by atoms with Crippen LogP contribution in [0.2, 0.25) is 0 Å². The lowest BCUT2D eigenvalue weighted by Crippen LogP contribution is -2.25. The van der Waals surface area contributed by atoms with Crippen molar-refractivity contribution in [2.24, 2.45) is 0 Å². The first-order chi connectivity index (χ1) is 12.3. The summed E-state index contributed by atoms with van der Waals surface area (Å²) in [5.41, 5.74) is -4.09. The molecule has 0 atom stereocenters. The zero-order chi connectivity index (χ0) is 19.2. The number of thioether (sulfide) groups is 1. The van der Waals surface area contributed by atoms with Gasteiger partial charge in [-0.2, -0.15) is 13.2 Å². The Morgan fingerprint density at radius 1 is 1.27 bits per heavy atom. The molecule has 1 N–H and O–H groups in total. The quantitative estimate of drug-likeness (QED) is 0.578. The molecule has 0 aliphatic carbocycles. The highest BCUT2D eigenvalue weighted by Crippen LogP contribution is 2.36. The highest BCUT2D eigenvalue weighted by Gasteiger charge is 2.29. The second kappa shape index (κ2) is 8.75. The van der Waals surface area contributed by atoms with Gasteiger partial charge in [-0.05, 0) is 43.0 Å². The zero-order valence-corrected chi connectivity index (χ0v) is 14.4. The molecule has 140 valence electrons. The summed E-state index contributed by atoms with van der Waals surface area (Å²) < 4.78 is 46.5. The molecule has 0 saturated heterocycles. The molecule has 0 saturated carbocycles. The number of rotatable bonds is 7. The van der Waals surface area contributed by atoms with Crippen LogP contribution in [0.25, 0.3) is 0 Å². The molecule has 0 unspecified atom stereocenters. The number of esters is 1. The summed E-state index contributed by atoms with van der Waals surface area (Å²) in [6, 6.07) is 6.52. The van der Waals surface area contributed by atoms with E-state index in [-0.39, 0.29) is 41.1 Å². The summed E-state index contributed by atoms with van der Waals surface area (Å²) in [5, 5.41) is 6.18. The number of nitrogens with zero attached hydrogens (tertiary/aromatic N) is 1. The molecule has 1 aromatic carbocycles. The molecule has 26 heavy (non-hydrogen) atoms. The average Bonchev–Trinajstić information content (AvgIpc) is 3.03. The molecule has 1 aromatic heterocycles. The number of nitrogens with one attached hydrogen (secondary N) is 1. The summed E-state index contributed by atoms with van der Waals surface area (Å²) in [6.45, 7) is 2.09. The van der Waals surface area contributed by atoms with Crippen molar-refractivity contribution in [1.82, 2.24) is 10.5 Å². The van der Waals surface area contributed by atoms with Gasteiger partial charge in [-0.3, -0.25) is 4.79 Å². The van der Waals surface area contributed by atoms with Crippen LogP contribution in [-0.4, -0.2) is 35.7 Å². The fourth-order valence-electron chi connectivity index (χ4n) is 1.94. The molecule has 0 spiro atoms. The lowest BCUT2D eigenvalue weighted by atomic mass is 10.2. The van der Waals surface area contributed by atoms with E-state index in [1.807, 2.05) is 0 Å². The lowest BCUT2D eigenvalue weighted by molar-refractivity contribution is -0.0328. The van der Waals surface area contributed by atoms with Gasteiger partial charge >= 0.3 is 11.5 Å². The second-order valence-electron chi connectivity index (χ2n) is 4.98. The van der Waals surface area contributed by atoms with Gasteiger partial charge in [0.1, 0.15) is 5.76 Å². The summed E-state index contributed by atoms with van der Waals surface area (Å²) in [4.78, 5) is 23.4. The SMILES string of the molecule is CCOC(=O)c1cc(CCNC(=O)c2ccc(SC(F)(F)F)cc2)on1. The van der Waals surface area contributed by atoms with Crippen LogP contribution in [0, 0.1) is 0 Å². The molecule has 0 radical (unpaired) electrons. The van der Waals surface area contributed by atoms with Gasteiger partial charge in [0.15, 0.2) is 5.69 Å². The van der Waals surface area contributed by atoms with E-state index in [2.05, 4.69) is 10.5 Å². The van der Waals surface area contributed by atoms with Crippen molar-refractivity contribution in [2.45, 2.75) is 23.7 Å². The van der Waals surface area contributed by atoms with Gasteiger partial charge in [-0.1, -0.05) is 5.16 Å². The van der Waals surface area contributed by atoms with Crippen LogP contribution in [0.3, 0.4) is 0 Å². The topological polar surface area (TPSA) is 81.4 Å². The van der Waals surface area contributed by atoms with Gasteiger partial charge in [-0.15, -0.1) is 0 Å².